The van der Waals surface area contributed by atoms with E-state index in [-0.39, 0.29) is 17.4 Å². The number of aromatic carboxylic acids is 1. The van der Waals surface area contributed by atoms with Crippen molar-refractivity contribution in [2.75, 3.05) is 13.2 Å². The van der Waals surface area contributed by atoms with Gasteiger partial charge in [0.25, 0.3) is 0 Å². The highest BCUT2D eigenvalue weighted by molar-refractivity contribution is 5.87. The molecule has 0 spiro atoms. The van der Waals surface area contributed by atoms with Crippen LogP contribution in [-0.4, -0.2) is 30.2 Å². The van der Waals surface area contributed by atoms with Gasteiger partial charge in [-0.2, -0.15) is 0 Å². The molecule has 1 saturated heterocycles. The molecular weight excluding hydrogens is 246 g/mol. The average Bonchev–Trinajstić information content (AvgIpc) is 2.46. The summed E-state index contributed by atoms with van der Waals surface area (Å²) in [5.41, 5.74) is 1.13. The van der Waals surface area contributed by atoms with Crippen molar-refractivity contribution in [3.63, 3.8) is 0 Å². The minimum atomic E-state index is -0.949. The molecule has 1 fully saturated rings. The van der Waals surface area contributed by atoms with Crippen LogP contribution in [-0.2, 0) is 16.1 Å². The summed E-state index contributed by atoms with van der Waals surface area (Å²) in [6, 6.07) is 6.49. The molecule has 1 atom stereocenters. The number of carbonyl (C=O) groups is 2. The van der Waals surface area contributed by atoms with E-state index in [4.69, 9.17) is 9.84 Å². The van der Waals surface area contributed by atoms with E-state index in [1.165, 1.54) is 12.1 Å². The molecule has 1 aromatic carbocycles. The first-order chi connectivity index (χ1) is 9.16. The number of carboxylic acid groups (broad SMARTS) is 1. The lowest BCUT2D eigenvalue weighted by Gasteiger charge is -2.21. The van der Waals surface area contributed by atoms with Gasteiger partial charge in [0.15, 0.2) is 0 Å². The standard InChI is InChI=1S/C14H17NO4/c16-13(12-2-1-7-19-9-12)15-8-10-3-5-11(6-4-10)14(17)18/h3-6,12H,1-2,7-9H2,(H,15,16)(H,17,18)/t12-/m1/s1. The van der Waals surface area contributed by atoms with Crippen LogP contribution in [0.2, 0.25) is 0 Å². The van der Waals surface area contributed by atoms with Gasteiger partial charge in [-0.05, 0) is 30.5 Å². The molecule has 1 aliphatic heterocycles. The normalized spacial score (nSPS) is 18.8. The molecule has 1 heterocycles. The highest BCUT2D eigenvalue weighted by Gasteiger charge is 2.21. The maximum atomic E-state index is 11.9. The SMILES string of the molecule is O=C(O)c1ccc(CNC(=O)[C@@H]2CCCOC2)cc1. The monoisotopic (exact) mass is 263 g/mol. The number of carboxylic acids is 1. The van der Waals surface area contributed by atoms with Crippen molar-refractivity contribution in [2.45, 2.75) is 19.4 Å². The topological polar surface area (TPSA) is 75.6 Å². The summed E-state index contributed by atoms with van der Waals surface area (Å²) in [7, 11) is 0. The Bertz CT molecular complexity index is 449. The van der Waals surface area contributed by atoms with Crippen LogP contribution in [0.5, 0.6) is 0 Å². The van der Waals surface area contributed by atoms with Gasteiger partial charge in [0.2, 0.25) is 5.91 Å². The van der Waals surface area contributed by atoms with Crippen LogP contribution in [0.25, 0.3) is 0 Å². The van der Waals surface area contributed by atoms with Crippen LogP contribution in [0, 0.1) is 5.92 Å². The third-order valence-corrected chi connectivity index (χ3v) is 3.20. The van der Waals surface area contributed by atoms with Crippen molar-refractivity contribution < 1.29 is 19.4 Å². The molecule has 0 saturated carbocycles. The van der Waals surface area contributed by atoms with E-state index in [1.807, 2.05) is 0 Å². The zero-order valence-corrected chi connectivity index (χ0v) is 10.6. The third kappa shape index (κ3) is 3.79. The van der Waals surface area contributed by atoms with Crippen molar-refractivity contribution in [1.29, 1.82) is 0 Å². The number of hydrogen-bond acceptors (Lipinski definition) is 3. The smallest absolute Gasteiger partial charge is 0.335 e. The van der Waals surface area contributed by atoms with Crippen molar-refractivity contribution in [3.05, 3.63) is 35.4 Å². The number of rotatable bonds is 4. The predicted octanol–water partition coefficient (Wildman–Crippen LogP) is 1.43. The summed E-state index contributed by atoms with van der Waals surface area (Å²) in [4.78, 5) is 22.6. The Kier molecular flexibility index (Phi) is 4.52. The second kappa shape index (κ2) is 6.33. The van der Waals surface area contributed by atoms with E-state index in [1.54, 1.807) is 12.1 Å². The van der Waals surface area contributed by atoms with Gasteiger partial charge >= 0.3 is 5.97 Å². The minimum absolute atomic E-state index is 0.00186. The van der Waals surface area contributed by atoms with Crippen molar-refractivity contribution >= 4 is 11.9 Å². The van der Waals surface area contributed by atoms with E-state index in [2.05, 4.69) is 5.32 Å². The van der Waals surface area contributed by atoms with E-state index in [0.717, 1.165) is 25.0 Å². The molecule has 0 aliphatic carbocycles. The van der Waals surface area contributed by atoms with Gasteiger partial charge in [0, 0.05) is 13.2 Å². The molecule has 0 bridgehead atoms. The molecule has 2 N–H and O–H groups in total. The third-order valence-electron chi connectivity index (χ3n) is 3.20. The quantitative estimate of drug-likeness (QED) is 0.861. The molecule has 0 radical (unpaired) electrons. The highest BCUT2D eigenvalue weighted by Crippen LogP contribution is 2.13. The molecule has 1 aromatic rings. The number of amides is 1. The van der Waals surface area contributed by atoms with Gasteiger partial charge in [-0.1, -0.05) is 12.1 Å². The second-order valence-corrected chi connectivity index (χ2v) is 4.63. The molecule has 5 heteroatoms. The van der Waals surface area contributed by atoms with Gasteiger partial charge < -0.3 is 15.2 Å². The van der Waals surface area contributed by atoms with Crippen LogP contribution in [0.1, 0.15) is 28.8 Å². The zero-order valence-electron chi connectivity index (χ0n) is 10.6. The average molecular weight is 263 g/mol. The zero-order chi connectivity index (χ0) is 13.7. The van der Waals surface area contributed by atoms with Crippen LogP contribution < -0.4 is 5.32 Å². The van der Waals surface area contributed by atoms with Gasteiger partial charge in [-0.3, -0.25) is 4.79 Å². The summed E-state index contributed by atoms with van der Waals surface area (Å²) >= 11 is 0. The Morgan fingerprint density at radius 2 is 2.05 bits per heavy atom. The predicted molar refractivity (Wildman–Crippen MR) is 68.8 cm³/mol. The number of nitrogens with one attached hydrogen (secondary N) is 1. The number of hydrogen-bond donors (Lipinski definition) is 2. The molecule has 5 nitrogen and oxygen atoms in total. The Morgan fingerprint density at radius 1 is 1.32 bits per heavy atom. The van der Waals surface area contributed by atoms with Crippen molar-refractivity contribution in [2.24, 2.45) is 5.92 Å². The molecule has 19 heavy (non-hydrogen) atoms. The van der Waals surface area contributed by atoms with Crippen molar-refractivity contribution in [3.8, 4) is 0 Å². The second-order valence-electron chi connectivity index (χ2n) is 4.63. The van der Waals surface area contributed by atoms with E-state index < -0.39 is 5.97 Å². The molecule has 102 valence electrons. The lowest BCUT2D eigenvalue weighted by molar-refractivity contribution is -0.129. The number of carbonyl (C=O) groups excluding carboxylic acids is 1. The highest BCUT2D eigenvalue weighted by atomic mass is 16.5. The first-order valence-corrected chi connectivity index (χ1v) is 6.34. The Hall–Kier alpha value is -1.88. The van der Waals surface area contributed by atoms with Gasteiger partial charge in [-0.25, -0.2) is 4.79 Å². The Morgan fingerprint density at radius 3 is 2.63 bits per heavy atom. The molecule has 1 aliphatic rings. The van der Waals surface area contributed by atoms with E-state index >= 15 is 0 Å². The van der Waals surface area contributed by atoms with Gasteiger partial charge in [0.1, 0.15) is 0 Å². The molecule has 2 rings (SSSR count). The summed E-state index contributed by atoms with van der Waals surface area (Å²) in [5, 5.41) is 11.6. The van der Waals surface area contributed by atoms with Gasteiger partial charge in [0.05, 0.1) is 18.1 Å². The summed E-state index contributed by atoms with van der Waals surface area (Å²) in [5.74, 6) is -1.01. The summed E-state index contributed by atoms with van der Waals surface area (Å²) < 4.78 is 5.27. The fourth-order valence-corrected chi connectivity index (χ4v) is 2.05. The first kappa shape index (κ1) is 13.5. The van der Waals surface area contributed by atoms with Crippen LogP contribution in [0.3, 0.4) is 0 Å². The number of benzene rings is 1. The van der Waals surface area contributed by atoms with Crippen LogP contribution in [0.4, 0.5) is 0 Å². The lowest BCUT2D eigenvalue weighted by Crippen LogP contribution is -2.35. The molecule has 1 amide bonds. The maximum absolute atomic E-state index is 11.9. The lowest BCUT2D eigenvalue weighted by atomic mass is 10.0. The van der Waals surface area contributed by atoms with Gasteiger partial charge in [-0.15, -0.1) is 0 Å². The Balaban J connectivity index is 1.84. The van der Waals surface area contributed by atoms with Crippen molar-refractivity contribution in [1.82, 2.24) is 5.32 Å². The molecule has 0 aromatic heterocycles. The van der Waals surface area contributed by atoms with Crippen LogP contribution in [0.15, 0.2) is 24.3 Å². The minimum Gasteiger partial charge on any atom is -0.478 e. The first-order valence-electron chi connectivity index (χ1n) is 6.34. The Labute approximate surface area is 111 Å². The largest absolute Gasteiger partial charge is 0.478 e. The molecular formula is C14H17NO4. The summed E-state index contributed by atoms with van der Waals surface area (Å²) in [6.07, 6.45) is 1.79. The van der Waals surface area contributed by atoms with Crippen LogP contribution >= 0.6 is 0 Å². The fourth-order valence-electron chi connectivity index (χ4n) is 2.05. The number of ether oxygens (including phenoxy) is 1. The summed E-state index contributed by atoms with van der Waals surface area (Å²) in [6.45, 7) is 1.64. The maximum Gasteiger partial charge on any atom is 0.335 e. The van der Waals surface area contributed by atoms with E-state index in [9.17, 15) is 9.59 Å². The molecule has 0 unspecified atom stereocenters. The fraction of sp³-hybridized carbons (Fsp3) is 0.429. The van der Waals surface area contributed by atoms with E-state index in [0.29, 0.717) is 13.2 Å².